The zero-order chi connectivity index (χ0) is 30.3. The van der Waals surface area contributed by atoms with E-state index in [-0.39, 0.29) is 30.7 Å². The molecule has 1 aliphatic rings. The summed E-state index contributed by atoms with van der Waals surface area (Å²) in [6.45, 7) is 6.32. The molecule has 5 rings (SSSR count). The average Bonchev–Trinajstić information content (AvgIpc) is 3.76. The molecule has 1 unspecified atom stereocenters. The zero-order valence-corrected chi connectivity index (χ0v) is 25.8. The summed E-state index contributed by atoms with van der Waals surface area (Å²) in [5.41, 5.74) is 2.20. The number of hydrogen-bond acceptors (Lipinski definition) is 10. The fraction of sp³-hybridized carbons (Fsp3) is 0.367. The lowest BCUT2D eigenvalue weighted by Gasteiger charge is -2.15. The van der Waals surface area contributed by atoms with Crippen LogP contribution in [-0.4, -0.2) is 51.0 Å². The highest BCUT2D eigenvalue weighted by Crippen LogP contribution is 2.39. The highest BCUT2D eigenvalue weighted by Gasteiger charge is 2.29. The van der Waals surface area contributed by atoms with Gasteiger partial charge in [0.05, 0.1) is 36.8 Å². The number of hydrogen-bond donors (Lipinski definition) is 2. The molecule has 1 aromatic carbocycles. The smallest absolute Gasteiger partial charge is 0.341 e. The fourth-order valence-electron chi connectivity index (χ4n) is 4.76. The summed E-state index contributed by atoms with van der Waals surface area (Å²) in [5.74, 6) is 0.297. The van der Waals surface area contributed by atoms with Crippen molar-refractivity contribution in [1.29, 1.82) is 0 Å². The average molecular weight is 624 g/mol. The summed E-state index contributed by atoms with van der Waals surface area (Å²) in [6.07, 6.45) is 5.17. The molecule has 1 aliphatic carbocycles. The van der Waals surface area contributed by atoms with E-state index >= 15 is 0 Å². The van der Waals surface area contributed by atoms with Gasteiger partial charge in [0.15, 0.2) is 16.7 Å². The summed E-state index contributed by atoms with van der Waals surface area (Å²) in [6, 6.07) is 10.6. The summed E-state index contributed by atoms with van der Waals surface area (Å²) in [5, 5.41) is 14.9. The van der Waals surface area contributed by atoms with Crippen molar-refractivity contribution >= 4 is 45.9 Å². The number of furan rings is 1. The van der Waals surface area contributed by atoms with E-state index in [0.29, 0.717) is 33.9 Å². The maximum absolute atomic E-state index is 13.5. The number of fused-ring (bicyclic) bond motifs is 1. The number of nitrogens with one attached hydrogen (secondary N) is 2. The second-order valence-corrected chi connectivity index (χ2v) is 12.1. The number of carbonyl (C=O) groups is 3. The van der Waals surface area contributed by atoms with Crippen LogP contribution in [0.25, 0.3) is 5.69 Å². The Bertz CT molecular complexity index is 1580. The number of thiophene rings is 1. The van der Waals surface area contributed by atoms with Crippen LogP contribution >= 0.6 is 23.1 Å². The normalized spacial score (nSPS) is 13.2. The molecular formula is C30H33N5O6S2. The topological polar surface area (TPSA) is 138 Å². The first kappa shape index (κ1) is 30.4. The van der Waals surface area contributed by atoms with Gasteiger partial charge in [0.25, 0.3) is 5.91 Å². The SMILES string of the molecule is CCOC(=O)c1c(NC(=O)C(C)Sc2nnc(CNC(=O)c3ccco3)n2-c2ccc(OCC)cc2)sc2c1CCCC2. The number of amides is 2. The Balaban J connectivity index is 1.37. The van der Waals surface area contributed by atoms with Crippen molar-refractivity contribution in [3.63, 3.8) is 0 Å². The molecule has 3 heterocycles. The molecule has 0 saturated carbocycles. The van der Waals surface area contributed by atoms with Gasteiger partial charge in [-0.15, -0.1) is 21.5 Å². The number of aromatic nitrogens is 3. The van der Waals surface area contributed by atoms with Crippen molar-refractivity contribution in [2.24, 2.45) is 0 Å². The second-order valence-electron chi connectivity index (χ2n) is 9.71. The van der Waals surface area contributed by atoms with Gasteiger partial charge in [-0.3, -0.25) is 14.2 Å². The van der Waals surface area contributed by atoms with Crippen LogP contribution in [-0.2, 0) is 28.9 Å². The van der Waals surface area contributed by atoms with Gasteiger partial charge in [-0.1, -0.05) is 11.8 Å². The Kier molecular flexibility index (Phi) is 9.82. The van der Waals surface area contributed by atoms with E-state index in [2.05, 4.69) is 20.8 Å². The number of benzene rings is 1. The molecule has 11 nitrogen and oxygen atoms in total. The molecule has 0 spiro atoms. The van der Waals surface area contributed by atoms with Crippen molar-refractivity contribution in [2.45, 2.75) is 63.4 Å². The lowest BCUT2D eigenvalue weighted by atomic mass is 9.95. The number of carbonyl (C=O) groups excluding carboxylic acids is 3. The number of anilines is 1. The minimum Gasteiger partial charge on any atom is -0.494 e. The van der Waals surface area contributed by atoms with E-state index < -0.39 is 11.2 Å². The van der Waals surface area contributed by atoms with Crippen LogP contribution in [0.15, 0.2) is 52.2 Å². The van der Waals surface area contributed by atoms with Crippen LogP contribution in [0.1, 0.15) is 70.8 Å². The molecule has 2 N–H and O–H groups in total. The van der Waals surface area contributed by atoms with E-state index in [1.54, 1.807) is 30.5 Å². The monoisotopic (exact) mass is 623 g/mol. The van der Waals surface area contributed by atoms with Crippen LogP contribution in [0, 0.1) is 0 Å². The molecule has 13 heteroatoms. The second kappa shape index (κ2) is 13.9. The lowest BCUT2D eigenvalue weighted by molar-refractivity contribution is -0.115. The number of esters is 1. The molecule has 43 heavy (non-hydrogen) atoms. The van der Waals surface area contributed by atoms with Gasteiger partial charge < -0.3 is 24.5 Å². The third kappa shape index (κ3) is 6.94. The number of rotatable bonds is 12. The van der Waals surface area contributed by atoms with Gasteiger partial charge in [0, 0.05) is 10.6 Å². The van der Waals surface area contributed by atoms with Gasteiger partial charge in [-0.05, 0) is 88.4 Å². The Hall–Kier alpha value is -4.10. The van der Waals surface area contributed by atoms with E-state index in [1.807, 2.05) is 31.2 Å². The predicted octanol–water partition coefficient (Wildman–Crippen LogP) is 5.43. The molecule has 0 aliphatic heterocycles. The van der Waals surface area contributed by atoms with E-state index in [1.165, 1.54) is 29.4 Å². The number of ether oxygens (including phenoxy) is 2. The number of nitrogens with zero attached hydrogens (tertiary/aromatic N) is 3. The molecular weight excluding hydrogens is 590 g/mol. The molecule has 4 aromatic rings. The molecule has 226 valence electrons. The summed E-state index contributed by atoms with van der Waals surface area (Å²) in [7, 11) is 0. The van der Waals surface area contributed by atoms with Gasteiger partial charge in [0.2, 0.25) is 5.91 Å². The van der Waals surface area contributed by atoms with Crippen LogP contribution in [0.2, 0.25) is 0 Å². The quantitative estimate of drug-likeness (QED) is 0.156. The first-order valence-electron chi connectivity index (χ1n) is 14.2. The molecule has 3 aromatic heterocycles. The highest BCUT2D eigenvalue weighted by molar-refractivity contribution is 8.00. The molecule has 1 atom stereocenters. The van der Waals surface area contributed by atoms with Crippen molar-refractivity contribution < 1.29 is 28.3 Å². The van der Waals surface area contributed by atoms with Crippen molar-refractivity contribution in [1.82, 2.24) is 20.1 Å². The Morgan fingerprint density at radius 1 is 1.09 bits per heavy atom. The fourth-order valence-corrected chi connectivity index (χ4v) is 6.93. The van der Waals surface area contributed by atoms with E-state index in [0.717, 1.165) is 41.8 Å². The molecule has 2 amide bonds. The Labute approximate surface area is 257 Å². The van der Waals surface area contributed by atoms with E-state index in [9.17, 15) is 14.4 Å². The minimum atomic E-state index is -0.592. The molecule has 0 radical (unpaired) electrons. The van der Waals surface area contributed by atoms with Gasteiger partial charge in [-0.25, -0.2) is 4.79 Å². The van der Waals surface area contributed by atoms with E-state index in [4.69, 9.17) is 13.9 Å². The van der Waals surface area contributed by atoms with Gasteiger partial charge in [-0.2, -0.15) is 0 Å². The highest BCUT2D eigenvalue weighted by atomic mass is 32.2. The van der Waals surface area contributed by atoms with Gasteiger partial charge >= 0.3 is 5.97 Å². The van der Waals surface area contributed by atoms with Crippen LogP contribution in [0.3, 0.4) is 0 Å². The third-order valence-corrected chi connectivity index (χ3v) is 9.05. The maximum atomic E-state index is 13.5. The van der Waals surface area contributed by atoms with Crippen molar-refractivity contribution in [3.05, 3.63) is 70.3 Å². The summed E-state index contributed by atoms with van der Waals surface area (Å²) >= 11 is 2.67. The largest absolute Gasteiger partial charge is 0.494 e. The van der Waals surface area contributed by atoms with Crippen LogP contribution < -0.4 is 15.4 Å². The summed E-state index contributed by atoms with van der Waals surface area (Å²) in [4.78, 5) is 40.0. The van der Waals surface area contributed by atoms with Crippen molar-refractivity contribution in [3.8, 4) is 11.4 Å². The first-order chi connectivity index (χ1) is 20.9. The van der Waals surface area contributed by atoms with Crippen LogP contribution in [0.5, 0.6) is 5.75 Å². The minimum absolute atomic E-state index is 0.0739. The number of thioether (sulfide) groups is 1. The molecule has 0 saturated heterocycles. The number of aryl methyl sites for hydroxylation is 1. The van der Waals surface area contributed by atoms with Gasteiger partial charge in [0.1, 0.15) is 10.8 Å². The third-order valence-electron chi connectivity index (χ3n) is 6.80. The molecule has 0 fully saturated rings. The zero-order valence-electron chi connectivity index (χ0n) is 24.2. The van der Waals surface area contributed by atoms with Crippen LogP contribution in [0.4, 0.5) is 5.00 Å². The van der Waals surface area contributed by atoms with Crippen molar-refractivity contribution in [2.75, 3.05) is 18.5 Å². The predicted molar refractivity (Wildman–Crippen MR) is 163 cm³/mol. The Morgan fingerprint density at radius 2 is 1.88 bits per heavy atom. The maximum Gasteiger partial charge on any atom is 0.341 e. The molecule has 0 bridgehead atoms. The summed E-state index contributed by atoms with van der Waals surface area (Å²) < 4.78 is 17.9. The standard InChI is InChI=1S/C30H33N5O6S2/c1-4-39-20-14-12-19(13-15-20)35-24(17-31-27(37)22-10-8-16-41-22)33-34-30(35)42-18(3)26(36)32-28-25(29(38)40-5-2)21-9-6-7-11-23(21)43-28/h8,10,12-16,18H,4-7,9,11,17H2,1-3H3,(H,31,37)(H,32,36). The first-order valence-corrected chi connectivity index (χ1v) is 15.9. The Morgan fingerprint density at radius 3 is 2.60 bits per heavy atom. The lowest BCUT2D eigenvalue weighted by Crippen LogP contribution is -2.25.